The third-order valence-electron chi connectivity index (χ3n) is 6.30. The van der Waals surface area contributed by atoms with E-state index in [1.54, 1.807) is 20.8 Å². The third kappa shape index (κ3) is 4.17. The Morgan fingerprint density at radius 1 is 0.947 bits per heavy atom. The van der Waals surface area contributed by atoms with Crippen LogP contribution in [0.2, 0.25) is 0 Å². The fourth-order valence-corrected chi connectivity index (χ4v) is 8.17. The fraction of sp³-hybridized carbons (Fsp3) is 0.143. The van der Waals surface area contributed by atoms with Gasteiger partial charge in [-0.1, -0.05) is 72.5 Å². The van der Waals surface area contributed by atoms with Crippen molar-refractivity contribution in [3.8, 4) is 16.1 Å². The number of carbonyl (C=O) groups is 1. The molecule has 1 fully saturated rings. The van der Waals surface area contributed by atoms with Gasteiger partial charge in [-0.05, 0) is 37.6 Å². The molecule has 3 aromatic heterocycles. The lowest BCUT2D eigenvalue weighted by Gasteiger charge is -2.09. The average molecular weight is 575 g/mol. The SMILES string of the molecule is CCN1C(=O)/C(=c2\s/c(=C/c3nc4sc(-c5ccccc5)cc4n3-c3ccccc3)c(=O)n2CC)SC1=S. The molecule has 0 spiro atoms. The van der Waals surface area contributed by atoms with Gasteiger partial charge in [0.2, 0.25) is 0 Å². The highest BCUT2D eigenvalue weighted by atomic mass is 32.2. The molecule has 1 aliphatic rings. The quantitative estimate of drug-likeness (QED) is 0.282. The molecule has 1 saturated heterocycles. The molecule has 38 heavy (non-hydrogen) atoms. The van der Waals surface area contributed by atoms with E-state index in [9.17, 15) is 9.59 Å². The third-order valence-corrected chi connectivity index (χ3v) is 10.1. The Kier molecular flexibility index (Phi) is 6.65. The summed E-state index contributed by atoms with van der Waals surface area (Å²) < 4.78 is 5.44. The molecule has 0 aliphatic carbocycles. The first-order valence-electron chi connectivity index (χ1n) is 12.1. The van der Waals surface area contributed by atoms with Crippen molar-refractivity contribution in [1.29, 1.82) is 0 Å². The summed E-state index contributed by atoms with van der Waals surface area (Å²) in [4.78, 5) is 35.6. The van der Waals surface area contributed by atoms with E-state index in [4.69, 9.17) is 17.2 Å². The standard InChI is InChI=1S/C28H22N4O2S4/c1-3-30-25(33)21(37-27(30)23-26(34)31(4-2)28(35)38-23)16-22-29-24-19(32(22)18-13-9-6-10-14-18)15-20(36-24)17-11-7-5-8-12-17/h5-16H,3-4H2,1-2H3/b21-16+,27-23+. The van der Waals surface area contributed by atoms with Crippen LogP contribution in [0.15, 0.2) is 71.5 Å². The number of thiocarbonyl (C=S) groups is 1. The first-order chi connectivity index (χ1) is 18.5. The molecule has 2 aromatic carbocycles. The fourth-order valence-electron chi connectivity index (χ4n) is 4.47. The molecule has 0 bridgehead atoms. The molecule has 6 rings (SSSR count). The van der Waals surface area contributed by atoms with Gasteiger partial charge in [0, 0.05) is 29.7 Å². The van der Waals surface area contributed by atoms with Crippen molar-refractivity contribution in [3.05, 3.63) is 92.1 Å². The molecule has 4 heterocycles. The van der Waals surface area contributed by atoms with Gasteiger partial charge in [-0.2, -0.15) is 0 Å². The summed E-state index contributed by atoms with van der Waals surface area (Å²) in [5.74, 6) is 0.531. The predicted molar refractivity (Wildman–Crippen MR) is 162 cm³/mol. The van der Waals surface area contributed by atoms with Crippen LogP contribution in [0, 0.1) is 0 Å². The number of carbonyl (C=O) groups excluding carboxylic acids is 1. The lowest BCUT2D eigenvalue weighted by atomic mass is 10.2. The second-order valence-corrected chi connectivity index (χ2v) is 12.2. The number of thiazole rings is 1. The number of nitrogens with zero attached hydrogens (tertiary/aromatic N) is 4. The number of thioether (sulfide) groups is 1. The lowest BCUT2D eigenvalue weighted by Crippen LogP contribution is -2.33. The minimum Gasteiger partial charge on any atom is -0.298 e. The number of hydrogen-bond acceptors (Lipinski definition) is 7. The summed E-state index contributed by atoms with van der Waals surface area (Å²) in [6, 6.07) is 22.4. The number of rotatable bonds is 5. The summed E-state index contributed by atoms with van der Waals surface area (Å²) in [6.45, 7) is 4.77. The zero-order valence-corrected chi connectivity index (χ0v) is 23.8. The smallest absolute Gasteiger partial charge is 0.269 e. The van der Waals surface area contributed by atoms with E-state index in [0.29, 0.717) is 37.3 Å². The van der Waals surface area contributed by atoms with Gasteiger partial charge in [0.1, 0.15) is 24.5 Å². The molecule has 5 aromatic rings. The summed E-state index contributed by atoms with van der Waals surface area (Å²) >= 11 is 9.62. The summed E-state index contributed by atoms with van der Waals surface area (Å²) in [5.41, 5.74) is 2.96. The number of aromatic nitrogens is 3. The Balaban J connectivity index is 1.58. The van der Waals surface area contributed by atoms with E-state index in [-0.39, 0.29) is 11.5 Å². The Bertz CT molecular complexity index is 1880. The van der Waals surface area contributed by atoms with Gasteiger partial charge >= 0.3 is 0 Å². The average Bonchev–Trinajstić information content (AvgIpc) is 3.65. The van der Waals surface area contributed by atoms with Crippen LogP contribution in [0.1, 0.15) is 19.7 Å². The van der Waals surface area contributed by atoms with Crippen LogP contribution < -0.4 is 14.8 Å². The van der Waals surface area contributed by atoms with Gasteiger partial charge in [-0.25, -0.2) is 4.98 Å². The van der Waals surface area contributed by atoms with Crippen LogP contribution in [0.5, 0.6) is 0 Å². The molecule has 0 saturated carbocycles. The molecule has 0 atom stereocenters. The second kappa shape index (κ2) is 10.1. The number of amides is 1. The number of fused-ring (bicyclic) bond motifs is 1. The van der Waals surface area contributed by atoms with E-state index in [2.05, 4.69) is 22.8 Å². The van der Waals surface area contributed by atoms with Gasteiger partial charge in [-0.3, -0.25) is 23.6 Å². The van der Waals surface area contributed by atoms with Crippen molar-refractivity contribution in [3.63, 3.8) is 0 Å². The normalized spacial score (nSPS) is 15.8. The molecule has 0 unspecified atom stereocenters. The van der Waals surface area contributed by atoms with E-state index < -0.39 is 0 Å². The molecule has 190 valence electrons. The highest BCUT2D eigenvalue weighted by Gasteiger charge is 2.32. The highest BCUT2D eigenvalue weighted by molar-refractivity contribution is 8.30. The predicted octanol–water partition coefficient (Wildman–Crippen LogP) is 4.81. The van der Waals surface area contributed by atoms with Crippen molar-refractivity contribution in [2.75, 3.05) is 6.54 Å². The number of benzene rings is 2. The molecule has 10 heteroatoms. The molecule has 0 radical (unpaired) electrons. The maximum Gasteiger partial charge on any atom is 0.269 e. The first-order valence-corrected chi connectivity index (χ1v) is 15.0. The monoisotopic (exact) mass is 574 g/mol. The van der Waals surface area contributed by atoms with Gasteiger partial charge < -0.3 is 0 Å². The number of thiophene rings is 1. The van der Waals surface area contributed by atoms with Crippen molar-refractivity contribution < 1.29 is 4.79 Å². The van der Waals surface area contributed by atoms with Crippen LogP contribution in [0.4, 0.5) is 0 Å². The van der Waals surface area contributed by atoms with Gasteiger partial charge in [0.25, 0.3) is 11.5 Å². The molecule has 6 nitrogen and oxygen atoms in total. The summed E-state index contributed by atoms with van der Waals surface area (Å²) in [5, 5.41) is 0. The molecule has 1 amide bonds. The topological polar surface area (TPSA) is 60.1 Å². The number of hydrogen-bond donors (Lipinski definition) is 0. The van der Waals surface area contributed by atoms with Crippen LogP contribution in [-0.2, 0) is 11.3 Å². The largest absolute Gasteiger partial charge is 0.298 e. The molecular weight excluding hydrogens is 553 g/mol. The van der Waals surface area contributed by atoms with E-state index >= 15 is 0 Å². The zero-order chi connectivity index (χ0) is 26.4. The van der Waals surface area contributed by atoms with Crippen LogP contribution in [-0.4, -0.2) is 35.8 Å². The maximum atomic E-state index is 13.5. The van der Waals surface area contributed by atoms with Crippen molar-refractivity contribution in [2.45, 2.75) is 20.4 Å². The van der Waals surface area contributed by atoms with E-state index in [1.807, 2.05) is 68.5 Å². The number of imidazole rings is 1. The summed E-state index contributed by atoms with van der Waals surface area (Å²) in [7, 11) is 0. The maximum absolute atomic E-state index is 13.5. The molecular formula is C28H22N4O2S4. The van der Waals surface area contributed by atoms with Crippen molar-refractivity contribution in [1.82, 2.24) is 19.0 Å². The second-order valence-electron chi connectivity index (χ2n) is 8.52. The zero-order valence-electron chi connectivity index (χ0n) is 20.6. The Labute approximate surface area is 236 Å². The minimum atomic E-state index is -0.141. The van der Waals surface area contributed by atoms with Crippen LogP contribution in [0.25, 0.3) is 37.5 Å². The van der Waals surface area contributed by atoms with Gasteiger partial charge in [0.15, 0.2) is 0 Å². The van der Waals surface area contributed by atoms with E-state index in [1.165, 1.54) is 23.1 Å². The van der Waals surface area contributed by atoms with Crippen LogP contribution >= 0.6 is 46.7 Å². The Morgan fingerprint density at radius 3 is 2.32 bits per heavy atom. The first kappa shape index (κ1) is 25.0. The van der Waals surface area contributed by atoms with Gasteiger partial charge in [-0.15, -0.1) is 22.7 Å². The Hall–Kier alpha value is -3.31. The molecule has 1 aliphatic heterocycles. The lowest BCUT2D eigenvalue weighted by molar-refractivity contribution is -0.120. The van der Waals surface area contributed by atoms with E-state index in [0.717, 1.165) is 26.5 Å². The number of para-hydroxylation sites is 1. The summed E-state index contributed by atoms with van der Waals surface area (Å²) in [6.07, 6.45) is 1.84. The highest BCUT2D eigenvalue weighted by Crippen LogP contribution is 2.35. The van der Waals surface area contributed by atoms with Crippen molar-refractivity contribution in [2.24, 2.45) is 0 Å². The van der Waals surface area contributed by atoms with Crippen molar-refractivity contribution >= 4 is 78.2 Å². The molecule has 0 N–H and O–H groups in total. The minimum absolute atomic E-state index is 0.134. The van der Waals surface area contributed by atoms with Gasteiger partial charge in [0.05, 0.1) is 10.0 Å². The Morgan fingerprint density at radius 2 is 1.66 bits per heavy atom. The van der Waals surface area contributed by atoms with Crippen LogP contribution in [0.3, 0.4) is 0 Å².